The summed E-state index contributed by atoms with van der Waals surface area (Å²) in [6.07, 6.45) is 1.30. The number of benzene rings is 1. The molecule has 1 aromatic rings. The summed E-state index contributed by atoms with van der Waals surface area (Å²) >= 11 is 0. The van der Waals surface area contributed by atoms with Crippen molar-refractivity contribution in [3.63, 3.8) is 0 Å². The Kier molecular flexibility index (Phi) is 3.93. The molecule has 0 aliphatic carbocycles. The van der Waals surface area contributed by atoms with Crippen LogP contribution >= 0.6 is 0 Å². The number of hydrogen-bond acceptors (Lipinski definition) is 6. The Balaban J connectivity index is 2.37. The number of carboxylic acid groups (broad SMARTS) is 1. The number of nitrogen functional groups attached to an aromatic ring is 1. The number of hydrogen-bond donors (Lipinski definition) is 2. The largest absolute Gasteiger partial charge is 0.481 e. The minimum Gasteiger partial charge on any atom is -0.481 e. The van der Waals surface area contributed by atoms with Crippen LogP contribution < -0.4 is 10.6 Å². The molecule has 8 heteroatoms. The van der Waals surface area contributed by atoms with Crippen molar-refractivity contribution in [3.8, 4) is 6.07 Å². The molecule has 0 spiro atoms. The van der Waals surface area contributed by atoms with Crippen molar-refractivity contribution in [1.82, 2.24) is 0 Å². The van der Waals surface area contributed by atoms with Crippen LogP contribution in [0.2, 0.25) is 0 Å². The summed E-state index contributed by atoms with van der Waals surface area (Å²) in [6.45, 7) is 0.934. The van der Waals surface area contributed by atoms with Gasteiger partial charge in [-0.1, -0.05) is 0 Å². The number of nitro groups is 1. The second-order valence-corrected chi connectivity index (χ2v) is 4.92. The van der Waals surface area contributed by atoms with Gasteiger partial charge in [-0.05, 0) is 25.0 Å². The Morgan fingerprint density at radius 3 is 2.86 bits per heavy atom. The molecule has 1 aliphatic heterocycles. The van der Waals surface area contributed by atoms with Crippen LogP contribution in [-0.4, -0.2) is 29.1 Å². The zero-order valence-electron chi connectivity index (χ0n) is 11.2. The van der Waals surface area contributed by atoms with E-state index in [1.807, 2.05) is 0 Å². The molecule has 1 aliphatic rings. The SMILES string of the molecule is N#Cc1cc(N2CCCC(C(=O)O)C2)cc(N)c1[N+](=O)[O-]. The maximum absolute atomic E-state index is 11.1. The Bertz CT molecular complexity index is 638. The van der Waals surface area contributed by atoms with Gasteiger partial charge >= 0.3 is 11.7 Å². The third-order valence-corrected chi connectivity index (χ3v) is 3.56. The lowest BCUT2D eigenvalue weighted by atomic mass is 9.97. The maximum atomic E-state index is 11.1. The van der Waals surface area contributed by atoms with Crippen LogP contribution in [0.15, 0.2) is 12.1 Å². The highest BCUT2D eigenvalue weighted by Gasteiger charge is 2.27. The summed E-state index contributed by atoms with van der Waals surface area (Å²) in [6, 6.07) is 4.57. The van der Waals surface area contributed by atoms with Gasteiger partial charge in [-0.25, -0.2) is 0 Å². The number of carbonyl (C=O) groups is 1. The summed E-state index contributed by atoms with van der Waals surface area (Å²) < 4.78 is 0. The molecule has 8 nitrogen and oxygen atoms in total. The van der Waals surface area contributed by atoms with Gasteiger partial charge in [-0.3, -0.25) is 14.9 Å². The molecule has 1 atom stereocenters. The van der Waals surface area contributed by atoms with Gasteiger partial charge in [0.05, 0.1) is 10.8 Å². The van der Waals surface area contributed by atoms with Gasteiger partial charge in [0.2, 0.25) is 0 Å². The van der Waals surface area contributed by atoms with Crippen LogP contribution in [0.25, 0.3) is 0 Å². The highest BCUT2D eigenvalue weighted by Crippen LogP contribution is 2.33. The fourth-order valence-corrected chi connectivity index (χ4v) is 2.53. The van der Waals surface area contributed by atoms with Crippen molar-refractivity contribution in [1.29, 1.82) is 5.26 Å². The van der Waals surface area contributed by atoms with Crippen molar-refractivity contribution in [3.05, 3.63) is 27.8 Å². The van der Waals surface area contributed by atoms with Gasteiger partial charge in [-0.2, -0.15) is 5.26 Å². The monoisotopic (exact) mass is 290 g/mol. The van der Waals surface area contributed by atoms with E-state index < -0.39 is 22.5 Å². The molecule has 1 heterocycles. The first kappa shape index (κ1) is 14.6. The van der Waals surface area contributed by atoms with Gasteiger partial charge in [-0.15, -0.1) is 0 Å². The molecule has 0 radical (unpaired) electrons. The van der Waals surface area contributed by atoms with Crippen LogP contribution in [0.4, 0.5) is 17.1 Å². The quantitative estimate of drug-likeness (QED) is 0.487. The fourth-order valence-electron chi connectivity index (χ4n) is 2.53. The fraction of sp³-hybridized carbons (Fsp3) is 0.385. The zero-order valence-corrected chi connectivity index (χ0v) is 11.2. The van der Waals surface area contributed by atoms with Crippen molar-refractivity contribution in [2.75, 3.05) is 23.7 Å². The van der Waals surface area contributed by atoms with Gasteiger partial charge in [0.25, 0.3) is 0 Å². The van der Waals surface area contributed by atoms with E-state index in [0.717, 1.165) is 0 Å². The summed E-state index contributed by atoms with van der Waals surface area (Å²) in [5, 5.41) is 29.0. The van der Waals surface area contributed by atoms with Gasteiger partial charge in [0.1, 0.15) is 17.3 Å². The molecule has 0 saturated carbocycles. The van der Waals surface area contributed by atoms with Gasteiger partial charge < -0.3 is 15.7 Å². The molecular weight excluding hydrogens is 276 g/mol. The minimum absolute atomic E-state index is 0.0912. The average molecular weight is 290 g/mol. The number of nitrogens with zero attached hydrogens (tertiary/aromatic N) is 3. The number of nitrogens with two attached hydrogens (primary N) is 1. The van der Waals surface area contributed by atoms with E-state index in [2.05, 4.69) is 0 Å². The predicted octanol–water partition coefficient (Wildman–Crippen LogP) is 1.35. The van der Waals surface area contributed by atoms with E-state index in [1.54, 1.807) is 11.0 Å². The number of aliphatic carboxylic acids is 1. The maximum Gasteiger partial charge on any atom is 0.309 e. The van der Waals surface area contributed by atoms with Crippen molar-refractivity contribution >= 4 is 23.0 Å². The van der Waals surface area contributed by atoms with E-state index in [-0.39, 0.29) is 11.3 Å². The smallest absolute Gasteiger partial charge is 0.309 e. The first-order valence-corrected chi connectivity index (χ1v) is 6.39. The molecule has 1 unspecified atom stereocenters. The molecule has 0 amide bonds. The van der Waals surface area contributed by atoms with Gasteiger partial charge in [0.15, 0.2) is 0 Å². The zero-order chi connectivity index (χ0) is 15.6. The molecule has 0 bridgehead atoms. The molecule has 1 aromatic carbocycles. The number of anilines is 2. The standard InChI is InChI=1S/C13H14N4O4/c14-6-9-4-10(5-11(15)12(9)17(20)21)16-3-1-2-8(7-16)13(18)19/h4-5,8H,1-3,7,15H2,(H,18,19). The summed E-state index contributed by atoms with van der Waals surface area (Å²) in [5.41, 5.74) is 5.59. The molecule has 3 N–H and O–H groups in total. The third-order valence-electron chi connectivity index (χ3n) is 3.56. The average Bonchev–Trinajstić information content (AvgIpc) is 2.45. The van der Waals surface area contributed by atoms with Crippen molar-refractivity contribution in [2.24, 2.45) is 5.92 Å². The van der Waals surface area contributed by atoms with Crippen molar-refractivity contribution in [2.45, 2.75) is 12.8 Å². The molecule has 1 saturated heterocycles. The van der Waals surface area contributed by atoms with E-state index in [4.69, 9.17) is 16.1 Å². The third kappa shape index (κ3) is 2.86. The van der Waals surface area contributed by atoms with Crippen LogP contribution in [-0.2, 0) is 4.79 Å². The first-order valence-electron chi connectivity index (χ1n) is 6.39. The summed E-state index contributed by atoms with van der Waals surface area (Å²) in [7, 11) is 0. The highest BCUT2D eigenvalue weighted by molar-refractivity contribution is 5.75. The van der Waals surface area contributed by atoms with Crippen molar-refractivity contribution < 1.29 is 14.8 Å². The highest BCUT2D eigenvalue weighted by atomic mass is 16.6. The minimum atomic E-state index is -0.866. The Morgan fingerprint density at radius 2 is 2.29 bits per heavy atom. The molecule has 110 valence electrons. The van der Waals surface area contributed by atoms with Crippen LogP contribution in [0.3, 0.4) is 0 Å². The van der Waals surface area contributed by atoms with Crippen LogP contribution in [0.1, 0.15) is 18.4 Å². The summed E-state index contributed by atoms with van der Waals surface area (Å²) in [4.78, 5) is 23.1. The van der Waals surface area contributed by atoms with Crippen LogP contribution in [0.5, 0.6) is 0 Å². The second-order valence-electron chi connectivity index (χ2n) is 4.92. The second kappa shape index (κ2) is 5.66. The molecular formula is C13H14N4O4. The van der Waals surface area contributed by atoms with E-state index in [9.17, 15) is 14.9 Å². The van der Waals surface area contributed by atoms with E-state index in [0.29, 0.717) is 31.6 Å². The number of nitriles is 1. The topological polar surface area (TPSA) is 133 Å². The molecule has 2 rings (SSSR count). The molecule has 0 aromatic heterocycles. The number of nitro benzene ring substituents is 1. The molecule has 1 fully saturated rings. The molecule has 21 heavy (non-hydrogen) atoms. The van der Waals surface area contributed by atoms with E-state index >= 15 is 0 Å². The Hall–Kier alpha value is -2.82. The number of rotatable bonds is 3. The lowest BCUT2D eigenvalue weighted by Gasteiger charge is -2.32. The lowest BCUT2D eigenvalue weighted by molar-refractivity contribution is -0.384. The number of carboxylic acids is 1. The van der Waals surface area contributed by atoms with E-state index in [1.165, 1.54) is 12.1 Å². The lowest BCUT2D eigenvalue weighted by Crippen LogP contribution is -2.38. The van der Waals surface area contributed by atoms with Gasteiger partial charge in [0, 0.05) is 18.8 Å². The first-order chi connectivity index (χ1) is 9.93. The summed E-state index contributed by atoms with van der Waals surface area (Å²) in [5.74, 6) is -1.35. The Morgan fingerprint density at radius 1 is 1.57 bits per heavy atom. The number of piperidine rings is 1. The van der Waals surface area contributed by atoms with Crippen LogP contribution in [0, 0.1) is 27.4 Å². The predicted molar refractivity (Wildman–Crippen MR) is 74.8 cm³/mol. The Labute approximate surface area is 120 Å². The normalized spacial score (nSPS) is 18.0.